The molecular weight excluding hydrogens is 681 g/mol. The van der Waals surface area contributed by atoms with Crippen molar-refractivity contribution in [2.45, 2.75) is 0 Å². The van der Waals surface area contributed by atoms with Gasteiger partial charge in [0.2, 0.25) is 5.95 Å². The first-order valence-electron chi connectivity index (χ1n) is 19.0. The summed E-state index contributed by atoms with van der Waals surface area (Å²) in [6.45, 7) is 0. The van der Waals surface area contributed by atoms with Gasteiger partial charge in [-0.2, -0.15) is 0 Å². The molecule has 11 aromatic rings. The molecule has 4 heteroatoms. The molecule has 0 N–H and O–H groups in total. The Kier molecular flexibility index (Phi) is 7.46. The lowest BCUT2D eigenvalue weighted by atomic mass is 9.97. The van der Waals surface area contributed by atoms with Crippen LogP contribution in [0.3, 0.4) is 0 Å². The molecule has 3 aromatic heterocycles. The average molecular weight is 715 g/mol. The van der Waals surface area contributed by atoms with Crippen LogP contribution in [0.15, 0.2) is 206 Å². The van der Waals surface area contributed by atoms with Crippen molar-refractivity contribution in [3.63, 3.8) is 0 Å². The maximum atomic E-state index is 5.21. The summed E-state index contributed by atoms with van der Waals surface area (Å²) in [5, 5.41) is 4.82. The third kappa shape index (κ3) is 5.31. The van der Waals surface area contributed by atoms with Crippen molar-refractivity contribution in [3.05, 3.63) is 206 Å². The molecule has 0 aliphatic heterocycles. The summed E-state index contributed by atoms with van der Waals surface area (Å²) >= 11 is 0. The molecule has 3 heterocycles. The van der Waals surface area contributed by atoms with Crippen LogP contribution in [0.25, 0.3) is 100 Å². The highest BCUT2D eigenvalue weighted by Crippen LogP contribution is 2.38. The predicted molar refractivity (Wildman–Crippen MR) is 232 cm³/mol. The fourth-order valence-corrected chi connectivity index (χ4v) is 8.30. The number of nitrogens with zero attached hydrogens (tertiary/aromatic N) is 4. The molecule has 262 valence electrons. The van der Waals surface area contributed by atoms with E-state index in [0.29, 0.717) is 5.95 Å². The molecule has 11 rings (SSSR count). The molecule has 0 atom stereocenters. The van der Waals surface area contributed by atoms with Crippen molar-refractivity contribution in [1.29, 1.82) is 0 Å². The lowest BCUT2D eigenvalue weighted by Crippen LogP contribution is -2.03. The number of benzene rings is 8. The lowest BCUT2D eigenvalue weighted by molar-refractivity contribution is 0.995. The highest BCUT2D eigenvalue weighted by atomic mass is 15.2. The van der Waals surface area contributed by atoms with Gasteiger partial charge in [-0.3, -0.25) is 4.57 Å². The third-order valence-electron chi connectivity index (χ3n) is 10.9. The Bertz CT molecular complexity index is 3170. The summed E-state index contributed by atoms with van der Waals surface area (Å²) in [5.41, 5.74) is 14.3. The van der Waals surface area contributed by atoms with E-state index in [9.17, 15) is 0 Å². The Balaban J connectivity index is 1.04. The Hall–Kier alpha value is -7.56. The second-order valence-electron chi connectivity index (χ2n) is 14.3. The average Bonchev–Trinajstić information content (AvgIpc) is 3.79. The van der Waals surface area contributed by atoms with Crippen LogP contribution in [0, 0.1) is 0 Å². The van der Waals surface area contributed by atoms with Crippen molar-refractivity contribution < 1.29 is 0 Å². The van der Waals surface area contributed by atoms with E-state index in [0.717, 1.165) is 55.6 Å². The van der Waals surface area contributed by atoms with Crippen molar-refractivity contribution in [2.24, 2.45) is 0 Å². The predicted octanol–water partition coefficient (Wildman–Crippen LogP) is 13.3. The van der Waals surface area contributed by atoms with Gasteiger partial charge in [0.05, 0.1) is 33.5 Å². The van der Waals surface area contributed by atoms with Gasteiger partial charge in [0.25, 0.3) is 0 Å². The van der Waals surface area contributed by atoms with Crippen LogP contribution in [0.4, 0.5) is 0 Å². The van der Waals surface area contributed by atoms with E-state index in [4.69, 9.17) is 9.97 Å². The summed E-state index contributed by atoms with van der Waals surface area (Å²) in [5.74, 6) is 0.648. The second-order valence-corrected chi connectivity index (χ2v) is 14.3. The SMILES string of the molecule is c1ccc(-c2cc(-c3ccccc3)nc(-n3c4ccccc4c4cc(-c5cccc(-c6ccc7c(c6)c6ccccc6n7-c6ccccc6)c5)ccc43)n2)cc1. The lowest BCUT2D eigenvalue weighted by Gasteiger charge is -2.12. The van der Waals surface area contributed by atoms with Crippen LogP contribution in [0.5, 0.6) is 0 Å². The number of fused-ring (bicyclic) bond motifs is 6. The van der Waals surface area contributed by atoms with Gasteiger partial charge in [0.1, 0.15) is 0 Å². The molecule has 0 spiro atoms. The van der Waals surface area contributed by atoms with E-state index in [2.05, 4.69) is 203 Å². The zero-order valence-corrected chi connectivity index (χ0v) is 30.4. The van der Waals surface area contributed by atoms with Gasteiger partial charge in [0.15, 0.2) is 0 Å². The first-order chi connectivity index (χ1) is 27.8. The van der Waals surface area contributed by atoms with Crippen LogP contribution >= 0.6 is 0 Å². The minimum atomic E-state index is 0.648. The van der Waals surface area contributed by atoms with Gasteiger partial charge in [-0.25, -0.2) is 9.97 Å². The normalized spacial score (nSPS) is 11.6. The number of hydrogen-bond donors (Lipinski definition) is 0. The quantitative estimate of drug-likeness (QED) is 0.172. The fourth-order valence-electron chi connectivity index (χ4n) is 8.30. The van der Waals surface area contributed by atoms with Crippen LogP contribution in [-0.2, 0) is 0 Å². The van der Waals surface area contributed by atoms with Crippen molar-refractivity contribution in [1.82, 2.24) is 19.1 Å². The molecule has 56 heavy (non-hydrogen) atoms. The monoisotopic (exact) mass is 714 g/mol. The Morgan fingerprint density at radius 1 is 0.268 bits per heavy atom. The van der Waals surface area contributed by atoms with E-state index in [1.807, 2.05) is 12.1 Å². The van der Waals surface area contributed by atoms with Crippen molar-refractivity contribution in [3.8, 4) is 56.4 Å². The number of aromatic nitrogens is 4. The Labute approximate surface area is 324 Å². The van der Waals surface area contributed by atoms with Gasteiger partial charge in [-0.1, -0.05) is 146 Å². The molecule has 8 aromatic carbocycles. The molecule has 0 unspecified atom stereocenters. The summed E-state index contributed by atoms with van der Waals surface area (Å²) < 4.78 is 4.58. The summed E-state index contributed by atoms with van der Waals surface area (Å²) in [4.78, 5) is 10.4. The first-order valence-corrected chi connectivity index (χ1v) is 19.0. The van der Waals surface area contributed by atoms with E-state index in [-0.39, 0.29) is 0 Å². The Morgan fingerprint density at radius 2 is 0.679 bits per heavy atom. The minimum absolute atomic E-state index is 0.648. The molecule has 0 radical (unpaired) electrons. The number of para-hydroxylation sites is 3. The largest absolute Gasteiger partial charge is 0.309 e. The van der Waals surface area contributed by atoms with Crippen LogP contribution in [0.1, 0.15) is 0 Å². The van der Waals surface area contributed by atoms with Crippen LogP contribution in [-0.4, -0.2) is 19.1 Å². The fraction of sp³-hybridized carbons (Fsp3) is 0. The molecule has 0 saturated carbocycles. The van der Waals surface area contributed by atoms with Gasteiger partial charge in [0, 0.05) is 38.4 Å². The summed E-state index contributed by atoms with van der Waals surface area (Å²) in [6.07, 6.45) is 0. The van der Waals surface area contributed by atoms with E-state index in [1.54, 1.807) is 0 Å². The van der Waals surface area contributed by atoms with Gasteiger partial charge in [-0.15, -0.1) is 0 Å². The maximum Gasteiger partial charge on any atom is 0.235 e. The first kappa shape index (κ1) is 31.9. The van der Waals surface area contributed by atoms with Crippen LogP contribution < -0.4 is 0 Å². The van der Waals surface area contributed by atoms with Gasteiger partial charge in [-0.05, 0) is 82.9 Å². The molecule has 0 aliphatic carbocycles. The Morgan fingerprint density at radius 3 is 1.23 bits per heavy atom. The zero-order valence-electron chi connectivity index (χ0n) is 30.4. The standard InChI is InChI=1S/C52H34N4/c1-4-15-35(16-5-1)46-34-47(36-17-6-2-7-18-36)54-52(53-46)56-49-26-13-11-24-43(49)45-33-40(28-30-51(45)56)38-20-14-19-37(31-38)39-27-29-50-44(32-39)42-23-10-12-25-48(42)55(50)41-21-8-3-9-22-41/h1-34H. The van der Waals surface area contributed by atoms with E-state index < -0.39 is 0 Å². The smallest absolute Gasteiger partial charge is 0.235 e. The molecule has 0 fully saturated rings. The van der Waals surface area contributed by atoms with Gasteiger partial charge < -0.3 is 4.57 Å². The van der Waals surface area contributed by atoms with E-state index >= 15 is 0 Å². The topological polar surface area (TPSA) is 35.6 Å². The number of rotatable bonds is 6. The summed E-state index contributed by atoms with van der Waals surface area (Å²) in [7, 11) is 0. The zero-order chi connectivity index (χ0) is 37.0. The minimum Gasteiger partial charge on any atom is -0.309 e. The molecular formula is C52H34N4. The highest BCUT2D eigenvalue weighted by Gasteiger charge is 2.18. The second kappa shape index (κ2) is 13.1. The highest BCUT2D eigenvalue weighted by molar-refractivity contribution is 6.11. The maximum absolute atomic E-state index is 5.21. The summed E-state index contributed by atoms with van der Waals surface area (Å²) in [6, 6.07) is 73.2. The molecule has 0 aliphatic rings. The van der Waals surface area contributed by atoms with Gasteiger partial charge >= 0.3 is 0 Å². The number of hydrogen-bond acceptors (Lipinski definition) is 2. The third-order valence-corrected chi connectivity index (χ3v) is 10.9. The molecule has 0 amide bonds. The van der Waals surface area contributed by atoms with Crippen LogP contribution in [0.2, 0.25) is 0 Å². The molecule has 0 bridgehead atoms. The molecule has 4 nitrogen and oxygen atoms in total. The molecule has 0 saturated heterocycles. The van der Waals surface area contributed by atoms with Crippen molar-refractivity contribution >= 4 is 43.6 Å². The van der Waals surface area contributed by atoms with E-state index in [1.165, 1.54) is 38.5 Å². The van der Waals surface area contributed by atoms with Crippen molar-refractivity contribution in [2.75, 3.05) is 0 Å².